The monoisotopic (exact) mass is 458 g/mol. The molecule has 3 aromatic rings. The average Bonchev–Trinajstić information content (AvgIpc) is 2.86. The first-order chi connectivity index (χ1) is 16.7. The van der Waals surface area contributed by atoms with E-state index in [1.807, 2.05) is 31.2 Å². The standard InChI is InChI=1S/C30H34O4/c1-4-16-32-18-7-20-34-30-14-10-26(11-15-30)28-22-24(3)21-27(23-28)25-8-12-29(13-9-25)33-19-6-17-31-5-2/h1,8-15,21-23H,5-7,16-20H2,2-3H3. The van der Waals surface area contributed by atoms with Crippen molar-refractivity contribution in [1.29, 1.82) is 0 Å². The Bertz CT molecular complexity index is 1030. The Hall–Kier alpha value is -3.26. The number of benzene rings is 3. The van der Waals surface area contributed by atoms with Gasteiger partial charge < -0.3 is 18.9 Å². The van der Waals surface area contributed by atoms with Crippen molar-refractivity contribution < 1.29 is 18.9 Å². The summed E-state index contributed by atoms with van der Waals surface area (Å²) in [5.74, 6) is 4.19. The van der Waals surface area contributed by atoms with E-state index in [-0.39, 0.29) is 0 Å². The molecule has 0 radical (unpaired) electrons. The zero-order chi connectivity index (χ0) is 24.0. The molecule has 3 rings (SSSR count). The highest BCUT2D eigenvalue weighted by molar-refractivity contribution is 5.74. The molecule has 0 spiro atoms. The summed E-state index contributed by atoms with van der Waals surface area (Å²) in [6.45, 7) is 7.82. The van der Waals surface area contributed by atoms with E-state index in [2.05, 4.69) is 55.3 Å². The zero-order valence-corrected chi connectivity index (χ0v) is 20.2. The third-order valence-corrected chi connectivity index (χ3v) is 5.25. The molecule has 0 bridgehead atoms. The normalized spacial score (nSPS) is 10.6. The highest BCUT2D eigenvalue weighted by Gasteiger charge is 2.06. The lowest BCUT2D eigenvalue weighted by molar-refractivity contribution is 0.131. The number of aryl methyl sites for hydroxylation is 1. The van der Waals surface area contributed by atoms with Gasteiger partial charge in [0.2, 0.25) is 0 Å². The minimum absolute atomic E-state index is 0.347. The van der Waals surface area contributed by atoms with E-state index in [1.165, 1.54) is 22.3 Å². The van der Waals surface area contributed by atoms with E-state index in [9.17, 15) is 0 Å². The Balaban J connectivity index is 1.59. The van der Waals surface area contributed by atoms with Crippen LogP contribution < -0.4 is 9.47 Å². The number of hydrogen-bond acceptors (Lipinski definition) is 4. The van der Waals surface area contributed by atoms with Crippen molar-refractivity contribution in [2.24, 2.45) is 0 Å². The summed E-state index contributed by atoms with van der Waals surface area (Å²) in [5, 5.41) is 0. The van der Waals surface area contributed by atoms with Crippen molar-refractivity contribution in [3.05, 3.63) is 72.3 Å². The highest BCUT2D eigenvalue weighted by Crippen LogP contribution is 2.30. The lowest BCUT2D eigenvalue weighted by Crippen LogP contribution is -2.03. The molecule has 0 N–H and O–H groups in total. The van der Waals surface area contributed by atoms with Gasteiger partial charge in [0.25, 0.3) is 0 Å². The highest BCUT2D eigenvalue weighted by atomic mass is 16.5. The lowest BCUT2D eigenvalue weighted by atomic mass is 9.96. The lowest BCUT2D eigenvalue weighted by Gasteiger charge is -2.11. The maximum atomic E-state index is 5.82. The Morgan fingerprint density at radius 2 is 1.15 bits per heavy atom. The van der Waals surface area contributed by atoms with Gasteiger partial charge in [0, 0.05) is 26.1 Å². The summed E-state index contributed by atoms with van der Waals surface area (Å²) in [6.07, 6.45) is 6.87. The van der Waals surface area contributed by atoms with Gasteiger partial charge in [0.1, 0.15) is 18.1 Å². The Kier molecular flexibility index (Phi) is 10.5. The quantitative estimate of drug-likeness (QED) is 0.203. The first-order valence-electron chi connectivity index (χ1n) is 11.9. The largest absolute Gasteiger partial charge is 0.494 e. The Morgan fingerprint density at radius 3 is 1.62 bits per heavy atom. The van der Waals surface area contributed by atoms with Crippen molar-refractivity contribution in [2.45, 2.75) is 26.7 Å². The molecule has 0 atom stereocenters. The van der Waals surface area contributed by atoms with Crippen LogP contribution in [0.1, 0.15) is 25.3 Å². The van der Waals surface area contributed by atoms with Crippen molar-refractivity contribution >= 4 is 0 Å². The molecular weight excluding hydrogens is 424 g/mol. The summed E-state index contributed by atoms with van der Waals surface area (Å²) >= 11 is 0. The molecule has 0 amide bonds. The molecule has 4 nitrogen and oxygen atoms in total. The molecule has 0 heterocycles. The first kappa shape index (κ1) is 25.4. The number of hydrogen-bond donors (Lipinski definition) is 0. The van der Waals surface area contributed by atoms with Crippen LogP contribution in [0, 0.1) is 19.3 Å². The summed E-state index contributed by atoms with van der Waals surface area (Å²) in [5.41, 5.74) is 5.91. The molecule has 0 aliphatic heterocycles. The second-order valence-electron chi connectivity index (χ2n) is 7.99. The van der Waals surface area contributed by atoms with Gasteiger partial charge in [0.15, 0.2) is 0 Å². The second kappa shape index (κ2) is 14.1. The first-order valence-corrected chi connectivity index (χ1v) is 11.9. The molecule has 3 aromatic carbocycles. The van der Waals surface area contributed by atoms with Gasteiger partial charge in [-0.2, -0.15) is 0 Å². The topological polar surface area (TPSA) is 36.9 Å². The van der Waals surface area contributed by atoms with Gasteiger partial charge in [-0.1, -0.05) is 42.3 Å². The minimum Gasteiger partial charge on any atom is -0.494 e. The van der Waals surface area contributed by atoms with E-state index >= 15 is 0 Å². The van der Waals surface area contributed by atoms with Crippen LogP contribution in [-0.2, 0) is 9.47 Å². The van der Waals surface area contributed by atoms with Gasteiger partial charge in [-0.3, -0.25) is 0 Å². The van der Waals surface area contributed by atoms with Gasteiger partial charge in [-0.25, -0.2) is 0 Å². The van der Waals surface area contributed by atoms with Crippen molar-refractivity contribution in [3.8, 4) is 46.1 Å². The van der Waals surface area contributed by atoms with Crippen molar-refractivity contribution in [3.63, 3.8) is 0 Å². The van der Waals surface area contributed by atoms with Crippen LogP contribution >= 0.6 is 0 Å². The zero-order valence-electron chi connectivity index (χ0n) is 20.2. The van der Waals surface area contributed by atoms with E-state index < -0.39 is 0 Å². The number of rotatable bonds is 14. The van der Waals surface area contributed by atoms with Crippen LogP contribution in [0.25, 0.3) is 22.3 Å². The molecular formula is C30H34O4. The maximum Gasteiger partial charge on any atom is 0.119 e. The van der Waals surface area contributed by atoms with Gasteiger partial charge in [-0.15, -0.1) is 6.42 Å². The molecule has 0 saturated heterocycles. The van der Waals surface area contributed by atoms with Crippen LogP contribution in [-0.4, -0.2) is 39.6 Å². The van der Waals surface area contributed by atoms with Crippen LogP contribution in [0.15, 0.2) is 66.7 Å². The van der Waals surface area contributed by atoms with Crippen LogP contribution in [0.5, 0.6) is 11.5 Å². The van der Waals surface area contributed by atoms with Gasteiger partial charge in [-0.05, 0) is 72.0 Å². The molecule has 0 aromatic heterocycles. The molecule has 178 valence electrons. The maximum absolute atomic E-state index is 5.82. The molecule has 0 saturated carbocycles. The molecule has 0 aliphatic rings. The van der Waals surface area contributed by atoms with Gasteiger partial charge >= 0.3 is 0 Å². The summed E-state index contributed by atoms with van der Waals surface area (Å²) in [7, 11) is 0. The molecule has 34 heavy (non-hydrogen) atoms. The van der Waals surface area contributed by atoms with E-state index in [1.54, 1.807) is 0 Å². The van der Waals surface area contributed by atoms with Crippen LogP contribution in [0.3, 0.4) is 0 Å². The molecule has 0 unspecified atom stereocenters. The third-order valence-electron chi connectivity index (χ3n) is 5.25. The minimum atomic E-state index is 0.347. The van der Waals surface area contributed by atoms with E-state index in [4.69, 9.17) is 25.4 Å². The molecule has 0 aliphatic carbocycles. The second-order valence-corrected chi connectivity index (χ2v) is 7.99. The van der Waals surface area contributed by atoms with E-state index in [0.717, 1.165) is 43.1 Å². The Morgan fingerprint density at radius 1 is 0.647 bits per heavy atom. The SMILES string of the molecule is C#CCOCCCOc1ccc(-c2cc(C)cc(-c3ccc(OCCCOCC)cc3)c2)cc1. The van der Waals surface area contributed by atoms with E-state index in [0.29, 0.717) is 26.4 Å². The third kappa shape index (κ3) is 8.26. The Labute approximate surface area is 203 Å². The average molecular weight is 459 g/mol. The fourth-order valence-electron chi connectivity index (χ4n) is 3.58. The summed E-state index contributed by atoms with van der Waals surface area (Å²) < 4.78 is 22.2. The number of ether oxygens (including phenoxy) is 4. The van der Waals surface area contributed by atoms with Crippen LogP contribution in [0.2, 0.25) is 0 Å². The summed E-state index contributed by atoms with van der Waals surface area (Å²) in [6, 6.07) is 23.1. The fraction of sp³-hybridized carbons (Fsp3) is 0.333. The van der Waals surface area contributed by atoms with Crippen molar-refractivity contribution in [1.82, 2.24) is 0 Å². The predicted octanol–water partition coefficient (Wildman–Crippen LogP) is 6.55. The summed E-state index contributed by atoms with van der Waals surface area (Å²) in [4.78, 5) is 0. The molecule has 4 heteroatoms. The number of terminal acetylenes is 1. The fourth-order valence-corrected chi connectivity index (χ4v) is 3.58. The predicted molar refractivity (Wildman–Crippen MR) is 138 cm³/mol. The molecule has 0 fully saturated rings. The van der Waals surface area contributed by atoms with Gasteiger partial charge in [0.05, 0.1) is 19.8 Å². The van der Waals surface area contributed by atoms with Crippen LogP contribution in [0.4, 0.5) is 0 Å². The van der Waals surface area contributed by atoms with Crippen molar-refractivity contribution in [2.75, 3.05) is 39.6 Å². The smallest absolute Gasteiger partial charge is 0.119 e.